The van der Waals surface area contributed by atoms with Crippen LogP contribution in [0.15, 0.2) is 0 Å². The number of carbonyl (C=O) groups excluding carboxylic acids is 2. The van der Waals surface area contributed by atoms with Gasteiger partial charge in [-0.2, -0.15) is 0 Å². The quantitative estimate of drug-likeness (QED) is 0.665. The molecule has 0 saturated carbocycles. The Labute approximate surface area is 151 Å². The molecular formula is C16H33AlCoO4. The van der Waals surface area contributed by atoms with Gasteiger partial charge in [0.25, 0.3) is 14.1 Å². The molecule has 0 atom stereocenters. The monoisotopic (exact) mass is 375 g/mol. The average Bonchev–Trinajstić information content (AvgIpc) is 2.10. The van der Waals surface area contributed by atoms with Gasteiger partial charge < -0.3 is 19.8 Å². The topological polar surface area (TPSA) is 80.3 Å². The molecule has 0 aliphatic heterocycles. The van der Waals surface area contributed by atoms with E-state index in [1.807, 2.05) is 0 Å². The molecule has 0 fully saturated rings. The van der Waals surface area contributed by atoms with E-state index >= 15 is 0 Å². The van der Waals surface area contributed by atoms with E-state index in [0.717, 1.165) is 31.6 Å². The molecule has 4 nitrogen and oxygen atoms in total. The summed E-state index contributed by atoms with van der Waals surface area (Å²) in [6.07, 6.45) is 0. The molecule has 0 aliphatic rings. The molecule has 0 bridgehead atoms. The molecule has 0 unspecified atom stereocenters. The van der Waals surface area contributed by atoms with Crippen molar-refractivity contribution in [3.63, 3.8) is 0 Å². The maximum Gasteiger partial charge on any atom is 2.00 e. The Balaban J connectivity index is -0.000000150. The normalized spacial score (nSPS) is 9.23. The molecular weight excluding hydrogens is 342 g/mol. The van der Waals surface area contributed by atoms with E-state index in [1.165, 1.54) is 0 Å². The SMILES string of the molecule is CC(=O)[O-].CC(=O)[O-].CC(C)[CH2][Al]([CH2]C(C)C)[CH2]C(C)C.[Co+2]. The first-order chi connectivity index (χ1) is 9.38. The fourth-order valence-corrected chi connectivity index (χ4v) is 6.87. The van der Waals surface area contributed by atoms with Gasteiger partial charge in [-0.05, 0) is 13.8 Å². The second kappa shape index (κ2) is 19.0. The van der Waals surface area contributed by atoms with Crippen molar-refractivity contribution >= 4 is 26.1 Å². The van der Waals surface area contributed by atoms with Crippen LogP contribution >= 0.6 is 0 Å². The van der Waals surface area contributed by atoms with E-state index in [0.29, 0.717) is 0 Å². The Kier molecular flexibility index (Phi) is 25.9. The van der Waals surface area contributed by atoms with Crippen LogP contribution in [0.3, 0.4) is 0 Å². The first-order valence-corrected chi connectivity index (χ1v) is 10.2. The zero-order chi connectivity index (χ0) is 17.6. The van der Waals surface area contributed by atoms with E-state index in [-0.39, 0.29) is 16.8 Å². The number of rotatable bonds is 6. The van der Waals surface area contributed by atoms with Gasteiger partial charge in [-0.25, -0.2) is 0 Å². The van der Waals surface area contributed by atoms with Crippen molar-refractivity contribution < 1.29 is 36.6 Å². The molecule has 0 N–H and O–H groups in total. The van der Waals surface area contributed by atoms with Crippen molar-refractivity contribution in [3.8, 4) is 0 Å². The maximum absolute atomic E-state index is 8.89. The minimum absolute atomic E-state index is 0. The minimum Gasteiger partial charge on any atom is -0.550 e. The van der Waals surface area contributed by atoms with E-state index in [9.17, 15) is 0 Å². The summed E-state index contributed by atoms with van der Waals surface area (Å²) in [5.41, 5.74) is 0. The largest absolute Gasteiger partial charge is 2.00 e. The van der Waals surface area contributed by atoms with Crippen LogP contribution in [0.4, 0.5) is 0 Å². The molecule has 133 valence electrons. The third-order valence-corrected chi connectivity index (χ3v) is 7.24. The molecule has 0 saturated heterocycles. The fraction of sp³-hybridized carbons (Fsp3) is 0.875. The first kappa shape index (κ1) is 29.9. The molecule has 0 aromatic carbocycles. The van der Waals surface area contributed by atoms with E-state index < -0.39 is 26.1 Å². The van der Waals surface area contributed by atoms with Crippen LogP contribution in [0.5, 0.6) is 0 Å². The Morgan fingerprint density at radius 2 is 0.864 bits per heavy atom. The van der Waals surface area contributed by atoms with Gasteiger partial charge >= 0.3 is 16.8 Å². The number of hydrogen-bond acceptors (Lipinski definition) is 4. The fourth-order valence-electron chi connectivity index (χ4n) is 2.29. The molecule has 1 radical (unpaired) electrons. The minimum atomic E-state index is -1.08. The van der Waals surface area contributed by atoms with Crippen LogP contribution in [-0.4, -0.2) is 26.1 Å². The summed E-state index contributed by atoms with van der Waals surface area (Å²) in [4.78, 5) is 17.8. The van der Waals surface area contributed by atoms with Crippen molar-refractivity contribution in [1.29, 1.82) is 0 Å². The molecule has 6 heteroatoms. The third-order valence-electron chi connectivity index (χ3n) is 2.41. The molecule has 0 rings (SSSR count). The van der Waals surface area contributed by atoms with Crippen LogP contribution in [-0.2, 0) is 26.4 Å². The predicted octanol–water partition coefficient (Wildman–Crippen LogP) is 1.96. The average molecular weight is 375 g/mol. The van der Waals surface area contributed by atoms with Crippen LogP contribution in [0, 0.1) is 17.8 Å². The first-order valence-electron chi connectivity index (χ1n) is 7.73. The number of carboxylic acid groups (broad SMARTS) is 2. The van der Waals surface area contributed by atoms with Crippen molar-refractivity contribution in [2.45, 2.75) is 71.2 Å². The summed E-state index contributed by atoms with van der Waals surface area (Å²) >= 11 is -0.407. The summed E-state index contributed by atoms with van der Waals surface area (Å²) in [6.45, 7) is 16.2. The maximum atomic E-state index is 8.89. The van der Waals surface area contributed by atoms with Gasteiger partial charge in [-0.15, -0.1) is 0 Å². The molecule has 0 aromatic rings. The van der Waals surface area contributed by atoms with Crippen LogP contribution in [0.1, 0.15) is 55.4 Å². The Bertz CT molecular complexity index is 225. The second-order valence-corrected chi connectivity index (χ2v) is 9.88. The zero-order valence-corrected chi connectivity index (χ0v) is 17.6. The van der Waals surface area contributed by atoms with Gasteiger partial charge in [0.1, 0.15) is 0 Å². The van der Waals surface area contributed by atoms with Crippen molar-refractivity contribution in [2.75, 3.05) is 0 Å². The van der Waals surface area contributed by atoms with Gasteiger partial charge in [0, 0.05) is 11.9 Å². The summed E-state index contributed by atoms with van der Waals surface area (Å²) in [5.74, 6) is 0.609. The number of aliphatic carboxylic acids is 2. The van der Waals surface area contributed by atoms with Gasteiger partial charge in [0.05, 0.1) is 0 Å². The Hall–Kier alpha value is -0.0210. The Morgan fingerprint density at radius 1 is 0.727 bits per heavy atom. The van der Waals surface area contributed by atoms with Crippen LogP contribution in [0.25, 0.3) is 0 Å². The van der Waals surface area contributed by atoms with Gasteiger partial charge in [0.15, 0.2) is 0 Å². The summed E-state index contributed by atoms with van der Waals surface area (Å²) in [6, 6.07) is 0. The summed E-state index contributed by atoms with van der Waals surface area (Å²) in [7, 11) is 0. The molecule has 0 aromatic heterocycles. The number of hydrogen-bond donors (Lipinski definition) is 0. The Morgan fingerprint density at radius 3 is 0.955 bits per heavy atom. The smallest absolute Gasteiger partial charge is 0.550 e. The van der Waals surface area contributed by atoms with Gasteiger partial charge in [-0.1, -0.05) is 75.1 Å². The van der Waals surface area contributed by atoms with Gasteiger partial charge in [-0.3, -0.25) is 0 Å². The standard InChI is InChI=1S/3C4H9.2C2H4O2.Al.Co/c3*1-4(2)3;2*1-2(3)4;;/h3*4H,1H2,2-3H3;2*1H3,(H,3,4);;/q;;;;;;+2/p-2. The molecule has 0 aliphatic carbocycles. The molecule has 22 heavy (non-hydrogen) atoms. The van der Waals surface area contributed by atoms with Crippen LogP contribution < -0.4 is 10.2 Å². The number of carboxylic acids is 2. The molecule has 0 spiro atoms. The van der Waals surface area contributed by atoms with Crippen molar-refractivity contribution in [2.24, 2.45) is 17.8 Å². The van der Waals surface area contributed by atoms with Crippen molar-refractivity contribution in [1.82, 2.24) is 0 Å². The van der Waals surface area contributed by atoms with Gasteiger partial charge in [0.2, 0.25) is 0 Å². The zero-order valence-electron chi connectivity index (χ0n) is 15.4. The number of carbonyl (C=O) groups is 2. The molecule has 0 amide bonds. The second-order valence-electron chi connectivity index (χ2n) is 6.74. The predicted molar refractivity (Wildman–Crippen MR) is 86.1 cm³/mol. The summed E-state index contributed by atoms with van der Waals surface area (Å²) in [5, 5.41) is 22.4. The van der Waals surface area contributed by atoms with E-state index in [1.54, 1.807) is 15.8 Å². The van der Waals surface area contributed by atoms with E-state index in [2.05, 4.69) is 41.5 Å². The van der Waals surface area contributed by atoms with E-state index in [4.69, 9.17) is 19.8 Å². The third kappa shape index (κ3) is 50.2. The molecule has 0 heterocycles. The van der Waals surface area contributed by atoms with Crippen LogP contribution in [0.2, 0.25) is 15.8 Å². The van der Waals surface area contributed by atoms with Crippen molar-refractivity contribution in [3.05, 3.63) is 0 Å². The summed E-state index contributed by atoms with van der Waals surface area (Å²) < 4.78 is 0.